The summed E-state index contributed by atoms with van der Waals surface area (Å²) in [6, 6.07) is 2.62. The van der Waals surface area contributed by atoms with E-state index in [1.165, 1.54) is 25.7 Å². The Labute approximate surface area is 90.1 Å². The molecule has 2 saturated carbocycles. The zero-order valence-electron chi connectivity index (χ0n) is 8.82. The lowest BCUT2D eigenvalue weighted by atomic mass is 9.95. The van der Waals surface area contributed by atoms with E-state index in [2.05, 4.69) is 10.3 Å². The second-order valence-corrected chi connectivity index (χ2v) is 4.89. The Balaban J connectivity index is 1.73. The van der Waals surface area contributed by atoms with Crippen molar-refractivity contribution in [2.75, 3.05) is 11.1 Å². The Morgan fingerprint density at radius 1 is 1.33 bits per heavy atom. The highest BCUT2D eigenvalue weighted by molar-refractivity contribution is 5.64. The average Bonchev–Trinajstić information content (AvgIpc) is 2.83. The normalized spacial score (nSPS) is 33.2. The van der Waals surface area contributed by atoms with Crippen LogP contribution >= 0.6 is 0 Å². The van der Waals surface area contributed by atoms with Crippen LogP contribution in [0, 0.1) is 11.8 Å². The van der Waals surface area contributed by atoms with E-state index in [-0.39, 0.29) is 0 Å². The largest absolute Gasteiger partial charge is 0.396 e. The SMILES string of the molecule is Nc1cnccc1NC1CC2CCC1C2. The van der Waals surface area contributed by atoms with Gasteiger partial charge in [0.25, 0.3) is 0 Å². The quantitative estimate of drug-likeness (QED) is 0.775. The molecule has 2 aliphatic carbocycles. The van der Waals surface area contributed by atoms with Crippen molar-refractivity contribution in [2.45, 2.75) is 31.7 Å². The molecule has 3 heteroatoms. The van der Waals surface area contributed by atoms with E-state index in [0.717, 1.165) is 23.2 Å². The van der Waals surface area contributed by atoms with Crippen LogP contribution in [0.4, 0.5) is 11.4 Å². The molecule has 2 aliphatic rings. The summed E-state index contributed by atoms with van der Waals surface area (Å²) in [5.74, 6) is 1.85. The topological polar surface area (TPSA) is 50.9 Å². The van der Waals surface area contributed by atoms with Gasteiger partial charge in [0, 0.05) is 12.2 Å². The van der Waals surface area contributed by atoms with Crippen LogP contribution in [0.15, 0.2) is 18.5 Å². The van der Waals surface area contributed by atoms with Crippen LogP contribution in [0.1, 0.15) is 25.7 Å². The second-order valence-electron chi connectivity index (χ2n) is 4.89. The van der Waals surface area contributed by atoms with Gasteiger partial charge in [0.05, 0.1) is 17.6 Å². The molecule has 1 aromatic heterocycles. The molecule has 3 rings (SSSR count). The summed E-state index contributed by atoms with van der Waals surface area (Å²) in [6.45, 7) is 0. The molecule has 3 atom stereocenters. The minimum atomic E-state index is 0.647. The zero-order valence-corrected chi connectivity index (χ0v) is 8.82. The van der Waals surface area contributed by atoms with Gasteiger partial charge in [-0.3, -0.25) is 4.98 Å². The predicted octanol–water partition coefficient (Wildman–Crippen LogP) is 2.26. The third kappa shape index (κ3) is 1.56. The first-order chi connectivity index (χ1) is 7.33. The number of aromatic nitrogens is 1. The van der Waals surface area contributed by atoms with Gasteiger partial charge in [-0.1, -0.05) is 6.42 Å². The summed E-state index contributed by atoms with van der Waals surface area (Å²) in [7, 11) is 0. The molecular weight excluding hydrogens is 186 g/mol. The number of pyridine rings is 1. The molecule has 3 N–H and O–H groups in total. The molecule has 0 aliphatic heterocycles. The van der Waals surface area contributed by atoms with Crippen molar-refractivity contribution >= 4 is 11.4 Å². The van der Waals surface area contributed by atoms with Crippen molar-refractivity contribution in [3.05, 3.63) is 18.5 Å². The summed E-state index contributed by atoms with van der Waals surface area (Å²) in [5.41, 5.74) is 7.69. The van der Waals surface area contributed by atoms with Gasteiger partial charge in [0.15, 0.2) is 0 Å². The molecule has 2 fully saturated rings. The Morgan fingerprint density at radius 3 is 2.93 bits per heavy atom. The van der Waals surface area contributed by atoms with Crippen LogP contribution in [-0.2, 0) is 0 Å². The minimum absolute atomic E-state index is 0.647. The number of rotatable bonds is 2. The van der Waals surface area contributed by atoms with Crippen molar-refractivity contribution in [2.24, 2.45) is 11.8 Å². The molecule has 2 bridgehead atoms. The van der Waals surface area contributed by atoms with E-state index < -0.39 is 0 Å². The van der Waals surface area contributed by atoms with Crippen LogP contribution in [-0.4, -0.2) is 11.0 Å². The molecular formula is C12H17N3. The van der Waals surface area contributed by atoms with Gasteiger partial charge in [0.2, 0.25) is 0 Å². The maximum atomic E-state index is 5.87. The van der Waals surface area contributed by atoms with Crippen molar-refractivity contribution < 1.29 is 0 Å². The fourth-order valence-electron chi connectivity index (χ4n) is 3.16. The standard InChI is InChI=1S/C12H17N3/c13-10-7-14-4-3-11(10)15-12-6-8-1-2-9(12)5-8/h3-4,7-9,12H,1-2,5-6,13H2,(H,14,15). The number of nitrogens with zero attached hydrogens (tertiary/aromatic N) is 1. The van der Waals surface area contributed by atoms with Gasteiger partial charge in [-0.25, -0.2) is 0 Å². The molecule has 1 heterocycles. The van der Waals surface area contributed by atoms with E-state index in [4.69, 9.17) is 5.73 Å². The number of nitrogen functional groups attached to an aromatic ring is 1. The van der Waals surface area contributed by atoms with Crippen molar-refractivity contribution in [1.29, 1.82) is 0 Å². The number of nitrogens with two attached hydrogens (primary N) is 1. The van der Waals surface area contributed by atoms with Crippen molar-refractivity contribution in [1.82, 2.24) is 4.98 Å². The number of hydrogen-bond donors (Lipinski definition) is 2. The van der Waals surface area contributed by atoms with Crippen molar-refractivity contribution in [3.8, 4) is 0 Å². The molecule has 3 nitrogen and oxygen atoms in total. The molecule has 1 aromatic rings. The van der Waals surface area contributed by atoms with Crippen LogP contribution in [0.5, 0.6) is 0 Å². The monoisotopic (exact) mass is 203 g/mol. The van der Waals surface area contributed by atoms with Gasteiger partial charge in [-0.2, -0.15) is 0 Å². The Hall–Kier alpha value is -1.25. The lowest BCUT2D eigenvalue weighted by molar-refractivity contribution is 0.440. The second kappa shape index (κ2) is 3.40. The molecule has 0 aromatic carbocycles. The Kier molecular flexibility index (Phi) is 2.04. The van der Waals surface area contributed by atoms with E-state index in [1.807, 2.05) is 6.07 Å². The Morgan fingerprint density at radius 2 is 2.27 bits per heavy atom. The highest BCUT2D eigenvalue weighted by atomic mass is 15.0. The van der Waals surface area contributed by atoms with Gasteiger partial charge in [-0.05, 0) is 37.2 Å². The molecule has 0 saturated heterocycles. The highest BCUT2D eigenvalue weighted by Gasteiger charge is 2.39. The van der Waals surface area contributed by atoms with Crippen LogP contribution in [0.25, 0.3) is 0 Å². The number of anilines is 2. The van der Waals surface area contributed by atoms with E-state index >= 15 is 0 Å². The number of fused-ring (bicyclic) bond motifs is 2. The van der Waals surface area contributed by atoms with E-state index in [9.17, 15) is 0 Å². The summed E-state index contributed by atoms with van der Waals surface area (Å²) >= 11 is 0. The highest BCUT2D eigenvalue weighted by Crippen LogP contribution is 2.45. The maximum Gasteiger partial charge on any atom is 0.0736 e. The fourth-order valence-corrected chi connectivity index (χ4v) is 3.16. The minimum Gasteiger partial charge on any atom is -0.396 e. The first-order valence-corrected chi connectivity index (χ1v) is 5.79. The average molecular weight is 203 g/mol. The Bertz CT molecular complexity index is 364. The summed E-state index contributed by atoms with van der Waals surface area (Å²) in [5, 5.41) is 3.58. The third-order valence-corrected chi connectivity index (χ3v) is 3.93. The van der Waals surface area contributed by atoms with Gasteiger partial charge >= 0.3 is 0 Å². The van der Waals surface area contributed by atoms with Gasteiger partial charge < -0.3 is 11.1 Å². The maximum absolute atomic E-state index is 5.87. The number of hydrogen-bond acceptors (Lipinski definition) is 3. The molecule has 0 radical (unpaired) electrons. The van der Waals surface area contributed by atoms with E-state index in [1.54, 1.807) is 12.4 Å². The van der Waals surface area contributed by atoms with E-state index in [0.29, 0.717) is 6.04 Å². The first-order valence-electron chi connectivity index (χ1n) is 5.79. The molecule has 0 spiro atoms. The summed E-state index contributed by atoms with van der Waals surface area (Å²) in [6.07, 6.45) is 9.10. The number of nitrogens with one attached hydrogen (secondary N) is 1. The summed E-state index contributed by atoms with van der Waals surface area (Å²) < 4.78 is 0. The lowest BCUT2D eigenvalue weighted by Crippen LogP contribution is -2.26. The molecule has 0 amide bonds. The van der Waals surface area contributed by atoms with Gasteiger partial charge in [0.1, 0.15) is 0 Å². The molecule has 80 valence electrons. The van der Waals surface area contributed by atoms with Crippen LogP contribution < -0.4 is 11.1 Å². The third-order valence-electron chi connectivity index (χ3n) is 3.93. The first kappa shape index (κ1) is 9.01. The van der Waals surface area contributed by atoms with Crippen LogP contribution in [0.3, 0.4) is 0 Å². The van der Waals surface area contributed by atoms with Crippen LogP contribution in [0.2, 0.25) is 0 Å². The van der Waals surface area contributed by atoms with Gasteiger partial charge in [-0.15, -0.1) is 0 Å². The zero-order chi connectivity index (χ0) is 10.3. The fraction of sp³-hybridized carbons (Fsp3) is 0.583. The smallest absolute Gasteiger partial charge is 0.0736 e. The lowest BCUT2D eigenvalue weighted by Gasteiger charge is -2.24. The molecule has 15 heavy (non-hydrogen) atoms. The predicted molar refractivity (Wildman–Crippen MR) is 61.5 cm³/mol. The summed E-state index contributed by atoms with van der Waals surface area (Å²) in [4.78, 5) is 4.00. The van der Waals surface area contributed by atoms with Crippen molar-refractivity contribution in [3.63, 3.8) is 0 Å². The molecule has 3 unspecified atom stereocenters.